The molecule has 0 fully saturated rings. The summed E-state index contributed by atoms with van der Waals surface area (Å²) in [6.45, 7) is 8.00. The molecule has 0 bridgehead atoms. The van der Waals surface area contributed by atoms with Gasteiger partial charge in [-0.05, 0) is 30.4 Å². The van der Waals surface area contributed by atoms with E-state index in [2.05, 4.69) is 46.7 Å². The summed E-state index contributed by atoms with van der Waals surface area (Å²) in [7, 11) is 1.93. The zero-order valence-electron chi connectivity index (χ0n) is 16.5. The van der Waals surface area contributed by atoms with E-state index in [1.54, 1.807) is 0 Å². The third-order valence-corrected chi connectivity index (χ3v) is 3.88. The highest BCUT2D eigenvalue weighted by Crippen LogP contribution is 2.03. The van der Waals surface area contributed by atoms with Gasteiger partial charge in [0.05, 0.1) is 19.4 Å². The third kappa shape index (κ3) is 9.76. The van der Waals surface area contributed by atoms with Crippen molar-refractivity contribution in [2.45, 2.75) is 26.9 Å². The van der Waals surface area contributed by atoms with E-state index >= 15 is 0 Å². The topological polar surface area (TPSA) is 63.5 Å². The van der Waals surface area contributed by atoms with Crippen molar-refractivity contribution < 1.29 is 4.74 Å². The number of benzene rings is 1. The zero-order chi connectivity index (χ0) is 18.6. The van der Waals surface area contributed by atoms with Gasteiger partial charge in [0.15, 0.2) is 5.96 Å². The first-order chi connectivity index (χ1) is 12.7. The van der Waals surface area contributed by atoms with Crippen LogP contribution in [0.1, 0.15) is 25.0 Å². The van der Waals surface area contributed by atoms with Crippen molar-refractivity contribution in [1.29, 1.82) is 0 Å². The van der Waals surface area contributed by atoms with Crippen LogP contribution in [0.4, 0.5) is 0 Å². The molecule has 1 heterocycles. The Morgan fingerprint density at radius 1 is 1.22 bits per heavy atom. The quantitative estimate of drug-likeness (QED) is 0.309. The molecule has 2 N–H and O–H groups in total. The van der Waals surface area contributed by atoms with Gasteiger partial charge in [0.2, 0.25) is 0 Å². The van der Waals surface area contributed by atoms with Crippen LogP contribution in [0.15, 0.2) is 47.7 Å². The van der Waals surface area contributed by atoms with Crippen LogP contribution in [0.5, 0.6) is 0 Å². The molecule has 0 radical (unpaired) electrons. The fourth-order valence-electron chi connectivity index (χ4n) is 2.52. The molecule has 150 valence electrons. The molecule has 1 aromatic heterocycles. The number of ether oxygens (including phenoxy) is 1. The summed E-state index contributed by atoms with van der Waals surface area (Å²) < 4.78 is 7.62. The standard InChI is InChI=1S/C20H31N5O.HI/c1-4-21-20(22-11-10-19-13-24-25(3)14-19)23-12-17(2)15-26-16-18-8-6-5-7-9-18;/h5-9,13-14,17H,4,10-12,15-16H2,1-3H3,(H2,21,22,23);1H. The maximum Gasteiger partial charge on any atom is 0.191 e. The van der Waals surface area contributed by atoms with Crippen LogP contribution in [0, 0.1) is 5.92 Å². The largest absolute Gasteiger partial charge is 0.376 e. The van der Waals surface area contributed by atoms with Gasteiger partial charge in [-0.1, -0.05) is 37.3 Å². The van der Waals surface area contributed by atoms with Gasteiger partial charge in [0.25, 0.3) is 0 Å². The molecule has 7 heteroatoms. The molecular weight excluding hydrogens is 453 g/mol. The highest BCUT2D eigenvalue weighted by Gasteiger charge is 2.04. The van der Waals surface area contributed by atoms with Gasteiger partial charge < -0.3 is 15.4 Å². The Morgan fingerprint density at radius 3 is 2.67 bits per heavy atom. The van der Waals surface area contributed by atoms with E-state index < -0.39 is 0 Å². The number of hydrogen-bond acceptors (Lipinski definition) is 3. The molecule has 6 nitrogen and oxygen atoms in total. The predicted molar refractivity (Wildman–Crippen MR) is 122 cm³/mol. The van der Waals surface area contributed by atoms with Gasteiger partial charge in [0, 0.05) is 32.9 Å². The number of rotatable bonds is 10. The number of hydrogen-bond donors (Lipinski definition) is 2. The SMILES string of the molecule is CCNC(=NCC(C)COCc1ccccc1)NCCc1cnn(C)c1.I. The monoisotopic (exact) mass is 485 g/mol. The molecule has 1 aromatic carbocycles. The van der Waals surface area contributed by atoms with E-state index in [0.717, 1.165) is 32.0 Å². The zero-order valence-corrected chi connectivity index (χ0v) is 18.8. The lowest BCUT2D eigenvalue weighted by atomic mass is 10.2. The molecule has 0 aliphatic heterocycles. The lowest BCUT2D eigenvalue weighted by molar-refractivity contribution is 0.0945. The van der Waals surface area contributed by atoms with Crippen LogP contribution in [-0.2, 0) is 24.8 Å². The van der Waals surface area contributed by atoms with Gasteiger partial charge >= 0.3 is 0 Å². The maximum absolute atomic E-state index is 5.80. The van der Waals surface area contributed by atoms with Crippen molar-refractivity contribution in [3.8, 4) is 0 Å². The lowest BCUT2D eigenvalue weighted by Crippen LogP contribution is -2.38. The smallest absolute Gasteiger partial charge is 0.191 e. The van der Waals surface area contributed by atoms with Gasteiger partial charge in [-0.2, -0.15) is 5.10 Å². The second-order valence-corrected chi connectivity index (χ2v) is 6.52. The summed E-state index contributed by atoms with van der Waals surface area (Å²) >= 11 is 0. The molecule has 0 saturated carbocycles. The summed E-state index contributed by atoms with van der Waals surface area (Å²) in [5.41, 5.74) is 2.42. The van der Waals surface area contributed by atoms with Crippen LogP contribution in [-0.4, -0.2) is 42.0 Å². The van der Waals surface area contributed by atoms with Crippen LogP contribution in [0.3, 0.4) is 0 Å². The van der Waals surface area contributed by atoms with E-state index in [9.17, 15) is 0 Å². The average Bonchev–Trinajstić information content (AvgIpc) is 3.06. The average molecular weight is 485 g/mol. The summed E-state index contributed by atoms with van der Waals surface area (Å²) in [6.07, 6.45) is 4.86. The van der Waals surface area contributed by atoms with Gasteiger partial charge in [0.1, 0.15) is 0 Å². The van der Waals surface area contributed by atoms with Crippen molar-refractivity contribution in [1.82, 2.24) is 20.4 Å². The molecule has 1 unspecified atom stereocenters. The Balaban J connectivity index is 0.00000364. The lowest BCUT2D eigenvalue weighted by Gasteiger charge is -2.13. The molecular formula is C20H32IN5O. The molecule has 0 aliphatic carbocycles. The first-order valence-electron chi connectivity index (χ1n) is 9.28. The summed E-state index contributed by atoms with van der Waals surface area (Å²) in [4.78, 5) is 4.67. The molecule has 0 saturated heterocycles. The fraction of sp³-hybridized carbons (Fsp3) is 0.500. The molecule has 1 atom stereocenters. The first kappa shape index (κ1) is 23.4. The molecule has 0 spiro atoms. The van der Waals surface area contributed by atoms with E-state index in [1.807, 2.05) is 42.3 Å². The Hall–Kier alpha value is -1.61. The van der Waals surface area contributed by atoms with Crippen molar-refractivity contribution in [2.75, 3.05) is 26.2 Å². The molecule has 0 aliphatic rings. The molecule has 2 aromatic rings. The highest BCUT2D eigenvalue weighted by atomic mass is 127. The van der Waals surface area contributed by atoms with Crippen molar-refractivity contribution in [2.24, 2.45) is 18.0 Å². The second kappa shape index (κ2) is 13.5. The normalized spacial score (nSPS) is 12.3. The van der Waals surface area contributed by atoms with Gasteiger partial charge in [-0.15, -0.1) is 24.0 Å². The van der Waals surface area contributed by atoms with E-state index in [1.165, 1.54) is 11.1 Å². The van der Waals surface area contributed by atoms with E-state index in [-0.39, 0.29) is 24.0 Å². The minimum absolute atomic E-state index is 0. The minimum Gasteiger partial charge on any atom is -0.376 e. The number of nitrogens with one attached hydrogen (secondary N) is 2. The number of halogens is 1. The molecule has 0 amide bonds. The van der Waals surface area contributed by atoms with Crippen molar-refractivity contribution in [3.63, 3.8) is 0 Å². The summed E-state index contributed by atoms with van der Waals surface area (Å²) in [6, 6.07) is 10.2. The number of guanidine groups is 1. The fourth-order valence-corrected chi connectivity index (χ4v) is 2.52. The Labute approximate surface area is 179 Å². The van der Waals surface area contributed by atoms with Crippen LogP contribution < -0.4 is 10.6 Å². The summed E-state index contributed by atoms with van der Waals surface area (Å²) in [5, 5.41) is 10.9. The summed E-state index contributed by atoms with van der Waals surface area (Å²) in [5.74, 6) is 1.22. The Morgan fingerprint density at radius 2 is 2.00 bits per heavy atom. The third-order valence-electron chi connectivity index (χ3n) is 3.88. The highest BCUT2D eigenvalue weighted by molar-refractivity contribution is 14.0. The minimum atomic E-state index is 0. The van der Waals surface area contributed by atoms with Crippen LogP contribution >= 0.6 is 24.0 Å². The van der Waals surface area contributed by atoms with Crippen LogP contribution in [0.2, 0.25) is 0 Å². The Kier molecular flexibility index (Phi) is 11.8. The predicted octanol–water partition coefficient (Wildman–Crippen LogP) is 2.99. The van der Waals surface area contributed by atoms with Gasteiger partial charge in [-0.25, -0.2) is 0 Å². The van der Waals surface area contributed by atoms with Gasteiger partial charge in [-0.3, -0.25) is 9.67 Å². The van der Waals surface area contributed by atoms with Crippen LogP contribution in [0.25, 0.3) is 0 Å². The second-order valence-electron chi connectivity index (χ2n) is 6.52. The van der Waals surface area contributed by atoms with Crippen molar-refractivity contribution >= 4 is 29.9 Å². The Bertz CT molecular complexity index is 659. The van der Waals surface area contributed by atoms with E-state index in [4.69, 9.17) is 4.74 Å². The molecule has 27 heavy (non-hydrogen) atoms. The number of aliphatic imine (C=N–C) groups is 1. The number of nitrogens with zero attached hydrogens (tertiary/aromatic N) is 3. The van der Waals surface area contributed by atoms with E-state index in [0.29, 0.717) is 19.1 Å². The number of aromatic nitrogens is 2. The van der Waals surface area contributed by atoms with Crippen molar-refractivity contribution in [3.05, 3.63) is 53.9 Å². The maximum atomic E-state index is 5.80. The number of aryl methyl sites for hydroxylation is 1. The first-order valence-corrected chi connectivity index (χ1v) is 9.28. The molecule has 2 rings (SSSR count).